The van der Waals surface area contributed by atoms with Crippen molar-refractivity contribution in [2.45, 2.75) is 12.7 Å². The first-order valence-electron chi connectivity index (χ1n) is 8.53. The fourth-order valence-electron chi connectivity index (χ4n) is 3.57. The van der Waals surface area contributed by atoms with Gasteiger partial charge in [-0.25, -0.2) is 8.78 Å². The zero-order valence-electron chi connectivity index (χ0n) is 14.7. The van der Waals surface area contributed by atoms with Crippen LogP contribution in [0.4, 0.5) is 22.0 Å². The summed E-state index contributed by atoms with van der Waals surface area (Å²) in [5.74, 6) is -2.24. The van der Waals surface area contributed by atoms with E-state index < -0.39 is 29.3 Å². The van der Waals surface area contributed by atoms with Crippen LogP contribution >= 0.6 is 0 Å². The van der Waals surface area contributed by atoms with Crippen LogP contribution in [0, 0.1) is 11.6 Å². The van der Waals surface area contributed by atoms with Gasteiger partial charge in [-0.1, -0.05) is 18.2 Å². The van der Waals surface area contributed by atoms with Crippen molar-refractivity contribution in [3.05, 3.63) is 82.9 Å². The molecule has 8 heteroatoms. The van der Waals surface area contributed by atoms with Gasteiger partial charge in [0.2, 0.25) is 5.91 Å². The molecule has 0 spiro atoms. The Morgan fingerprint density at radius 3 is 2.38 bits per heavy atom. The minimum Gasteiger partial charge on any atom is -0.366 e. The number of primary amides is 1. The van der Waals surface area contributed by atoms with Gasteiger partial charge >= 0.3 is 6.18 Å². The molecule has 0 aliphatic carbocycles. The van der Waals surface area contributed by atoms with Gasteiger partial charge in [0.1, 0.15) is 11.6 Å². The lowest BCUT2D eigenvalue weighted by molar-refractivity contribution is -0.137. The minimum absolute atomic E-state index is 0.0491. The summed E-state index contributed by atoms with van der Waals surface area (Å²) in [5, 5.41) is 0.726. The highest BCUT2D eigenvalue weighted by atomic mass is 19.4. The minimum atomic E-state index is -4.65. The molecule has 0 aliphatic heterocycles. The SMILES string of the molecule is NC(=O)c1cccc2c1c1cccc(F)c1n2Cc1cc(C(F)(F)F)ccc1F. The second-order valence-corrected chi connectivity index (χ2v) is 6.59. The molecule has 0 radical (unpaired) electrons. The van der Waals surface area contributed by atoms with Crippen LogP contribution in [0.5, 0.6) is 0 Å². The van der Waals surface area contributed by atoms with E-state index in [2.05, 4.69) is 0 Å². The Morgan fingerprint density at radius 1 is 0.966 bits per heavy atom. The average Bonchev–Trinajstić information content (AvgIpc) is 2.97. The van der Waals surface area contributed by atoms with Gasteiger partial charge in [0.15, 0.2) is 0 Å². The van der Waals surface area contributed by atoms with Crippen molar-refractivity contribution < 1.29 is 26.7 Å². The summed E-state index contributed by atoms with van der Waals surface area (Å²) in [4.78, 5) is 11.9. The normalized spacial score (nSPS) is 12.0. The van der Waals surface area contributed by atoms with Gasteiger partial charge in [-0.05, 0) is 36.4 Å². The highest BCUT2D eigenvalue weighted by Crippen LogP contribution is 2.35. The number of carbonyl (C=O) groups is 1. The number of benzene rings is 3. The highest BCUT2D eigenvalue weighted by Gasteiger charge is 2.31. The number of para-hydroxylation sites is 1. The number of alkyl halides is 3. The molecule has 0 saturated heterocycles. The molecule has 1 amide bonds. The van der Waals surface area contributed by atoms with E-state index in [0.717, 1.165) is 6.07 Å². The molecule has 0 saturated carbocycles. The number of nitrogens with zero attached hydrogens (tertiary/aromatic N) is 1. The number of nitrogens with two attached hydrogens (primary N) is 1. The van der Waals surface area contributed by atoms with E-state index in [1.54, 1.807) is 12.1 Å². The Balaban J connectivity index is 2.02. The summed E-state index contributed by atoms with van der Waals surface area (Å²) >= 11 is 0. The Morgan fingerprint density at radius 2 is 1.69 bits per heavy atom. The Kier molecular flexibility index (Phi) is 4.29. The van der Waals surface area contributed by atoms with Gasteiger partial charge < -0.3 is 10.3 Å². The summed E-state index contributed by atoms with van der Waals surface area (Å²) in [7, 11) is 0. The highest BCUT2D eigenvalue weighted by molar-refractivity contribution is 6.17. The van der Waals surface area contributed by atoms with Crippen LogP contribution < -0.4 is 5.73 Å². The van der Waals surface area contributed by atoms with Gasteiger partial charge in [0, 0.05) is 21.9 Å². The number of rotatable bonds is 3. The van der Waals surface area contributed by atoms with Gasteiger partial charge in [-0.15, -0.1) is 0 Å². The fourth-order valence-corrected chi connectivity index (χ4v) is 3.57. The topological polar surface area (TPSA) is 48.0 Å². The number of hydrogen-bond donors (Lipinski definition) is 1. The smallest absolute Gasteiger partial charge is 0.366 e. The molecule has 148 valence electrons. The first-order valence-corrected chi connectivity index (χ1v) is 8.53. The molecular weight excluding hydrogens is 391 g/mol. The van der Waals surface area contributed by atoms with Crippen LogP contribution in [0.25, 0.3) is 21.8 Å². The third-order valence-corrected chi connectivity index (χ3v) is 4.83. The van der Waals surface area contributed by atoms with Crippen LogP contribution in [0.1, 0.15) is 21.5 Å². The van der Waals surface area contributed by atoms with Crippen molar-refractivity contribution in [2.75, 3.05) is 0 Å². The molecule has 1 heterocycles. The van der Waals surface area contributed by atoms with Crippen LogP contribution in [0.2, 0.25) is 0 Å². The van der Waals surface area contributed by atoms with Crippen molar-refractivity contribution in [3.63, 3.8) is 0 Å². The molecular formula is C21H13F5N2O. The maximum absolute atomic E-state index is 14.7. The van der Waals surface area contributed by atoms with Crippen molar-refractivity contribution in [2.24, 2.45) is 5.73 Å². The Hall–Kier alpha value is -3.42. The van der Waals surface area contributed by atoms with E-state index in [1.807, 2.05) is 0 Å². The maximum Gasteiger partial charge on any atom is 0.416 e. The Bertz CT molecular complexity index is 1270. The Labute approximate surface area is 161 Å². The number of carbonyl (C=O) groups excluding carboxylic acids is 1. The molecule has 0 unspecified atom stereocenters. The molecule has 0 bridgehead atoms. The van der Waals surface area contributed by atoms with E-state index in [1.165, 1.54) is 28.8 Å². The third kappa shape index (κ3) is 3.10. The quantitative estimate of drug-likeness (QED) is 0.467. The van der Waals surface area contributed by atoms with E-state index >= 15 is 0 Å². The summed E-state index contributed by atoms with van der Waals surface area (Å²) < 4.78 is 69.5. The van der Waals surface area contributed by atoms with E-state index in [9.17, 15) is 26.7 Å². The first kappa shape index (κ1) is 18.9. The second-order valence-electron chi connectivity index (χ2n) is 6.59. The number of aromatic nitrogens is 1. The zero-order chi connectivity index (χ0) is 20.9. The maximum atomic E-state index is 14.7. The molecule has 0 aliphatic rings. The van der Waals surface area contributed by atoms with Crippen LogP contribution in [0.3, 0.4) is 0 Å². The third-order valence-electron chi connectivity index (χ3n) is 4.83. The summed E-state index contributed by atoms with van der Waals surface area (Å²) in [6, 6.07) is 10.9. The molecule has 29 heavy (non-hydrogen) atoms. The molecule has 4 rings (SSSR count). The van der Waals surface area contributed by atoms with Crippen molar-refractivity contribution >= 4 is 27.7 Å². The second kappa shape index (κ2) is 6.58. The van der Waals surface area contributed by atoms with Gasteiger partial charge in [-0.3, -0.25) is 4.79 Å². The first-order chi connectivity index (χ1) is 13.7. The largest absolute Gasteiger partial charge is 0.416 e. The van der Waals surface area contributed by atoms with E-state index in [4.69, 9.17) is 5.73 Å². The zero-order valence-corrected chi connectivity index (χ0v) is 14.7. The molecule has 1 aromatic heterocycles. The molecule has 0 fully saturated rings. The standard InChI is InChI=1S/C21H13F5N2O/c22-15-8-7-12(21(24,25)26)9-11(15)10-28-17-6-2-4-14(20(27)29)18(17)13-3-1-5-16(23)19(13)28/h1-9H,10H2,(H2,27,29). The lowest BCUT2D eigenvalue weighted by Gasteiger charge is -2.12. The molecule has 3 nitrogen and oxygen atoms in total. The van der Waals surface area contributed by atoms with Crippen LogP contribution in [-0.2, 0) is 12.7 Å². The van der Waals surface area contributed by atoms with Gasteiger partial charge in [-0.2, -0.15) is 13.2 Å². The van der Waals surface area contributed by atoms with E-state index in [0.29, 0.717) is 28.4 Å². The van der Waals surface area contributed by atoms with Crippen molar-refractivity contribution in [1.82, 2.24) is 4.57 Å². The number of halogens is 5. The fraction of sp³-hybridized carbons (Fsp3) is 0.0952. The number of hydrogen-bond acceptors (Lipinski definition) is 1. The summed E-state index contributed by atoms with van der Waals surface area (Å²) in [6.07, 6.45) is -4.65. The number of amides is 1. The number of fused-ring (bicyclic) bond motifs is 3. The summed E-state index contributed by atoms with van der Waals surface area (Å²) in [5.41, 5.74) is 4.72. The molecule has 3 aromatic carbocycles. The lowest BCUT2D eigenvalue weighted by Crippen LogP contribution is -2.11. The predicted octanol–water partition coefficient (Wildman–Crippen LogP) is 5.24. The van der Waals surface area contributed by atoms with Crippen LogP contribution in [-0.4, -0.2) is 10.5 Å². The van der Waals surface area contributed by atoms with Gasteiger partial charge in [0.25, 0.3) is 0 Å². The monoisotopic (exact) mass is 404 g/mol. The van der Waals surface area contributed by atoms with Crippen molar-refractivity contribution in [3.8, 4) is 0 Å². The lowest BCUT2D eigenvalue weighted by atomic mass is 10.1. The average molecular weight is 404 g/mol. The molecule has 0 atom stereocenters. The molecule has 4 aromatic rings. The van der Waals surface area contributed by atoms with Crippen LogP contribution in [0.15, 0.2) is 54.6 Å². The van der Waals surface area contributed by atoms with E-state index in [-0.39, 0.29) is 23.2 Å². The molecule has 2 N–H and O–H groups in total. The summed E-state index contributed by atoms with van der Waals surface area (Å²) in [6.45, 7) is -0.362. The predicted molar refractivity (Wildman–Crippen MR) is 98.4 cm³/mol. The van der Waals surface area contributed by atoms with Crippen molar-refractivity contribution in [1.29, 1.82) is 0 Å². The van der Waals surface area contributed by atoms with Gasteiger partial charge in [0.05, 0.1) is 23.1 Å².